The van der Waals surface area contributed by atoms with Crippen LogP contribution in [0.5, 0.6) is 0 Å². The van der Waals surface area contributed by atoms with Gasteiger partial charge in [0.25, 0.3) is 0 Å². The maximum atomic E-state index is 11.3. The Kier molecular flexibility index (Phi) is 5.62. The summed E-state index contributed by atoms with van der Waals surface area (Å²) >= 11 is 0. The first-order chi connectivity index (χ1) is 7.77. The highest BCUT2D eigenvalue weighted by molar-refractivity contribution is 5.69. The summed E-state index contributed by atoms with van der Waals surface area (Å²) in [4.78, 5) is 11.3. The molecule has 1 rings (SSSR count). The van der Waals surface area contributed by atoms with Gasteiger partial charge in [-0.2, -0.15) is 0 Å². The molecular formula is C14H19O2. The molecule has 0 aromatic heterocycles. The van der Waals surface area contributed by atoms with Gasteiger partial charge >= 0.3 is 5.97 Å². The largest absolute Gasteiger partial charge is 0.461 e. The molecule has 2 heteroatoms. The molecule has 0 heterocycles. The van der Waals surface area contributed by atoms with Crippen LogP contribution in [0.25, 0.3) is 0 Å². The molecule has 0 aliphatic heterocycles. The molecule has 16 heavy (non-hydrogen) atoms. The van der Waals surface area contributed by atoms with Crippen molar-refractivity contribution in [2.75, 3.05) is 0 Å². The first-order valence-electron chi connectivity index (χ1n) is 5.79. The molecule has 0 aliphatic carbocycles. The number of rotatable bonds is 6. The van der Waals surface area contributed by atoms with E-state index in [1.165, 1.54) is 5.56 Å². The van der Waals surface area contributed by atoms with Crippen LogP contribution in [-0.2, 0) is 22.6 Å². The molecule has 0 aliphatic rings. The predicted molar refractivity (Wildman–Crippen MR) is 64.8 cm³/mol. The Morgan fingerprint density at radius 3 is 2.62 bits per heavy atom. The van der Waals surface area contributed by atoms with Crippen molar-refractivity contribution in [1.82, 2.24) is 0 Å². The minimum Gasteiger partial charge on any atom is -0.461 e. The van der Waals surface area contributed by atoms with E-state index in [2.05, 4.69) is 19.9 Å². The maximum absolute atomic E-state index is 11.3. The minimum absolute atomic E-state index is 0.130. The number of unbranched alkanes of at least 4 members (excludes halogenated alkanes) is 1. The third kappa shape index (κ3) is 4.05. The lowest BCUT2D eigenvalue weighted by Gasteiger charge is -2.08. The standard InChI is InChI=1S/C14H19O2/c1-3-5-10-14(15)16-11-13-9-7-6-8-12(13)4-2/h6-9H,1,3-5,10-11H2,2H3. The molecule has 0 N–H and O–H groups in total. The predicted octanol–water partition coefficient (Wildman–Crippen LogP) is 3.30. The van der Waals surface area contributed by atoms with Crippen LogP contribution in [0.4, 0.5) is 0 Å². The summed E-state index contributed by atoms with van der Waals surface area (Å²) in [6.45, 7) is 6.19. The smallest absolute Gasteiger partial charge is 0.306 e. The second-order valence-corrected chi connectivity index (χ2v) is 3.74. The number of carbonyl (C=O) groups is 1. The lowest BCUT2D eigenvalue weighted by molar-refractivity contribution is -0.145. The van der Waals surface area contributed by atoms with Crippen LogP contribution in [0, 0.1) is 6.92 Å². The van der Waals surface area contributed by atoms with E-state index in [0.717, 1.165) is 24.8 Å². The quantitative estimate of drug-likeness (QED) is 0.686. The Hall–Kier alpha value is -1.31. The molecule has 0 fully saturated rings. The highest BCUT2D eigenvalue weighted by Crippen LogP contribution is 2.11. The summed E-state index contributed by atoms with van der Waals surface area (Å²) in [5.41, 5.74) is 2.35. The number of carbonyl (C=O) groups excluding carboxylic acids is 1. The monoisotopic (exact) mass is 219 g/mol. The Bertz CT molecular complexity index is 331. The van der Waals surface area contributed by atoms with E-state index in [9.17, 15) is 4.79 Å². The highest BCUT2D eigenvalue weighted by atomic mass is 16.5. The summed E-state index contributed by atoms with van der Waals surface area (Å²) in [6.07, 6.45) is 3.01. The lowest BCUT2D eigenvalue weighted by atomic mass is 10.1. The van der Waals surface area contributed by atoms with Crippen molar-refractivity contribution in [2.45, 2.75) is 39.2 Å². The van der Waals surface area contributed by atoms with Crippen LogP contribution in [0.15, 0.2) is 24.3 Å². The minimum atomic E-state index is -0.130. The van der Waals surface area contributed by atoms with Gasteiger partial charge in [0.2, 0.25) is 0 Å². The number of aryl methyl sites for hydroxylation is 1. The fourth-order valence-corrected chi connectivity index (χ4v) is 1.54. The van der Waals surface area contributed by atoms with E-state index in [-0.39, 0.29) is 5.97 Å². The zero-order chi connectivity index (χ0) is 11.8. The number of esters is 1. The zero-order valence-electron chi connectivity index (χ0n) is 9.87. The molecular weight excluding hydrogens is 200 g/mol. The van der Waals surface area contributed by atoms with Gasteiger partial charge < -0.3 is 4.74 Å². The lowest BCUT2D eigenvalue weighted by Crippen LogP contribution is -2.05. The maximum Gasteiger partial charge on any atom is 0.306 e. The number of ether oxygens (including phenoxy) is 1. The van der Waals surface area contributed by atoms with Gasteiger partial charge in [-0.1, -0.05) is 44.5 Å². The third-order valence-electron chi connectivity index (χ3n) is 2.52. The average Bonchev–Trinajstić information content (AvgIpc) is 2.34. The van der Waals surface area contributed by atoms with E-state index in [4.69, 9.17) is 4.74 Å². The van der Waals surface area contributed by atoms with E-state index >= 15 is 0 Å². The van der Waals surface area contributed by atoms with Gasteiger partial charge in [-0.25, -0.2) is 0 Å². The molecule has 0 amide bonds. The average molecular weight is 219 g/mol. The van der Waals surface area contributed by atoms with Crippen molar-refractivity contribution in [3.05, 3.63) is 42.3 Å². The zero-order valence-corrected chi connectivity index (χ0v) is 9.87. The summed E-state index contributed by atoms with van der Waals surface area (Å²) in [6, 6.07) is 8.05. The van der Waals surface area contributed by atoms with Crippen LogP contribution in [-0.4, -0.2) is 5.97 Å². The van der Waals surface area contributed by atoms with Gasteiger partial charge in [-0.05, 0) is 24.0 Å². The Morgan fingerprint density at radius 1 is 1.31 bits per heavy atom. The van der Waals surface area contributed by atoms with Crippen molar-refractivity contribution < 1.29 is 9.53 Å². The summed E-state index contributed by atoms with van der Waals surface area (Å²) in [5, 5.41) is 0. The molecule has 1 aromatic carbocycles. The van der Waals surface area contributed by atoms with Crippen molar-refractivity contribution in [3.63, 3.8) is 0 Å². The molecule has 2 nitrogen and oxygen atoms in total. The topological polar surface area (TPSA) is 26.3 Å². The second-order valence-electron chi connectivity index (χ2n) is 3.74. The van der Waals surface area contributed by atoms with Crippen molar-refractivity contribution in [2.24, 2.45) is 0 Å². The molecule has 0 bridgehead atoms. The van der Waals surface area contributed by atoms with Crippen LogP contribution >= 0.6 is 0 Å². The Morgan fingerprint density at radius 2 is 2.00 bits per heavy atom. The van der Waals surface area contributed by atoms with Gasteiger partial charge in [0.1, 0.15) is 6.61 Å². The van der Waals surface area contributed by atoms with Gasteiger partial charge in [-0.3, -0.25) is 4.79 Å². The van der Waals surface area contributed by atoms with Gasteiger partial charge in [-0.15, -0.1) is 0 Å². The molecule has 0 unspecified atom stereocenters. The molecule has 1 radical (unpaired) electrons. The van der Waals surface area contributed by atoms with Crippen LogP contribution in [0.3, 0.4) is 0 Å². The van der Waals surface area contributed by atoms with Crippen LogP contribution in [0.1, 0.15) is 37.3 Å². The molecule has 0 atom stereocenters. The van der Waals surface area contributed by atoms with E-state index in [0.29, 0.717) is 13.0 Å². The number of hydrogen-bond acceptors (Lipinski definition) is 2. The van der Waals surface area contributed by atoms with Crippen molar-refractivity contribution >= 4 is 5.97 Å². The van der Waals surface area contributed by atoms with Crippen molar-refractivity contribution in [1.29, 1.82) is 0 Å². The molecule has 1 aromatic rings. The first kappa shape index (κ1) is 12.8. The van der Waals surface area contributed by atoms with Gasteiger partial charge in [0, 0.05) is 6.42 Å². The SMILES string of the molecule is [CH2]CCCC(=O)OCc1ccccc1CC. The second kappa shape index (κ2) is 7.04. The molecule has 87 valence electrons. The fraction of sp³-hybridized carbons (Fsp3) is 0.429. The highest BCUT2D eigenvalue weighted by Gasteiger charge is 2.04. The normalized spacial score (nSPS) is 10.1. The molecule has 0 spiro atoms. The van der Waals surface area contributed by atoms with E-state index < -0.39 is 0 Å². The van der Waals surface area contributed by atoms with Crippen LogP contribution < -0.4 is 0 Å². The van der Waals surface area contributed by atoms with Gasteiger partial charge in [0.05, 0.1) is 0 Å². The van der Waals surface area contributed by atoms with E-state index in [1.807, 2.05) is 18.2 Å². The number of benzene rings is 1. The summed E-state index contributed by atoms with van der Waals surface area (Å²) in [5.74, 6) is -0.130. The number of hydrogen-bond donors (Lipinski definition) is 0. The Labute approximate surface area is 97.6 Å². The fourth-order valence-electron chi connectivity index (χ4n) is 1.54. The van der Waals surface area contributed by atoms with E-state index in [1.54, 1.807) is 0 Å². The summed E-state index contributed by atoms with van der Waals surface area (Å²) < 4.78 is 5.21. The summed E-state index contributed by atoms with van der Waals surface area (Å²) in [7, 11) is 0. The third-order valence-corrected chi connectivity index (χ3v) is 2.52. The van der Waals surface area contributed by atoms with Gasteiger partial charge in [0.15, 0.2) is 0 Å². The first-order valence-corrected chi connectivity index (χ1v) is 5.79. The molecule has 0 saturated heterocycles. The van der Waals surface area contributed by atoms with Crippen LogP contribution in [0.2, 0.25) is 0 Å². The molecule has 0 saturated carbocycles. The van der Waals surface area contributed by atoms with Crippen molar-refractivity contribution in [3.8, 4) is 0 Å². The Balaban J connectivity index is 2.44.